The van der Waals surface area contributed by atoms with Crippen LogP contribution in [0.3, 0.4) is 0 Å². The van der Waals surface area contributed by atoms with E-state index in [1.165, 1.54) is 13.1 Å². The summed E-state index contributed by atoms with van der Waals surface area (Å²) >= 11 is 0. The van der Waals surface area contributed by atoms with Gasteiger partial charge in [-0.05, 0) is 25.5 Å². The summed E-state index contributed by atoms with van der Waals surface area (Å²) in [4.78, 5) is 26.3. The van der Waals surface area contributed by atoms with Gasteiger partial charge in [0.2, 0.25) is 0 Å². The van der Waals surface area contributed by atoms with Gasteiger partial charge in [0.05, 0.1) is 13.0 Å². The molecule has 1 aromatic heterocycles. The van der Waals surface area contributed by atoms with Crippen LogP contribution in [0.4, 0.5) is 0 Å². The van der Waals surface area contributed by atoms with Crippen LogP contribution in [0.25, 0.3) is 0 Å². The number of carbonyl (C=O) groups excluding carboxylic acids is 2. The van der Waals surface area contributed by atoms with Crippen LogP contribution in [-0.2, 0) is 16.0 Å². The van der Waals surface area contributed by atoms with Crippen LogP contribution in [0, 0.1) is 0 Å². The molecule has 0 saturated heterocycles. The topological polar surface area (TPSA) is 56.3 Å². The summed E-state index contributed by atoms with van der Waals surface area (Å²) in [6, 6.07) is 1.66. The second-order valence-corrected chi connectivity index (χ2v) is 3.07. The average Bonchev–Trinajstić information content (AvgIpc) is 2.18. The van der Waals surface area contributed by atoms with Crippen molar-refractivity contribution in [3.63, 3.8) is 0 Å². The van der Waals surface area contributed by atoms with Crippen LogP contribution in [0.2, 0.25) is 0 Å². The van der Waals surface area contributed by atoms with E-state index in [0.29, 0.717) is 17.7 Å². The third-order valence-electron chi connectivity index (χ3n) is 1.93. The van der Waals surface area contributed by atoms with Gasteiger partial charge in [-0.25, -0.2) is 0 Å². The summed E-state index contributed by atoms with van der Waals surface area (Å²) in [5, 5.41) is 0. The molecule has 1 rings (SSSR count). The molecule has 0 atom stereocenters. The summed E-state index contributed by atoms with van der Waals surface area (Å²) in [5.41, 5.74) is 1.14. The molecule has 0 aliphatic carbocycles. The van der Waals surface area contributed by atoms with Crippen LogP contribution >= 0.6 is 0 Å². The van der Waals surface area contributed by atoms with E-state index < -0.39 is 0 Å². The predicted octanol–water partition coefficient (Wildman–Crippen LogP) is 1.39. The number of hydrogen-bond acceptors (Lipinski definition) is 4. The summed E-state index contributed by atoms with van der Waals surface area (Å²) in [7, 11) is 0. The molecule has 0 N–H and O–H groups in total. The lowest BCUT2D eigenvalue weighted by atomic mass is 10.0. The highest BCUT2D eigenvalue weighted by molar-refractivity contribution is 5.96. The number of ketones is 1. The molecule has 80 valence electrons. The first-order valence-corrected chi connectivity index (χ1v) is 4.74. The molecule has 4 heteroatoms. The molecule has 0 saturated carbocycles. The highest BCUT2D eigenvalue weighted by Crippen LogP contribution is 2.09. The van der Waals surface area contributed by atoms with E-state index in [1.54, 1.807) is 19.2 Å². The van der Waals surface area contributed by atoms with E-state index >= 15 is 0 Å². The number of Topliss-reactive ketones (excluding diaryl/α,β-unsaturated/α-hetero) is 1. The number of hydrogen-bond donors (Lipinski definition) is 0. The lowest BCUT2D eigenvalue weighted by Gasteiger charge is -2.05. The van der Waals surface area contributed by atoms with Gasteiger partial charge in [-0.3, -0.25) is 14.6 Å². The van der Waals surface area contributed by atoms with E-state index in [9.17, 15) is 9.59 Å². The number of rotatable bonds is 4. The number of pyridine rings is 1. The first-order chi connectivity index (χ1) is 7.15. The molecule has 1 heterocycles. The zero-order valence-electron chi connectivity index (χ0n) is 8.82. The largest absolute Gasteiger partial charge is 0.466 e. The van der Waals surface area contributed by atoms with E-state index in [4.69, 9.17) is 4.74 Å². The Balaban J connectivity index is 2.84. The number of nitrogens with zero attached hydrogens (tertiary/aromatic N) is 1. The normalized spacial score (nSPS) is 9.73. The van der Waals surface area contributed by atoms with Crippen molar-refractivity contribution in [3.05, 3.63) is 29.6 Å². The molecule has 0 unspecified atom stereocenters. The van der Waals surface area contributed by atoms with Crippen LogP contribution in [0.1, 0.15) is 29.8 Å². The molecule has 0 amide bonds. The van der Waals surface area contributed by atoms with Gasteiger partial charge in [-0.2, -0.15) is 0 Å². The van der Waals surface area contributed by atoms with Gasteiger partial charge in [0.25, 0.3) is 0 Å². The molecule has 0 spiro atoms. The average molecular weight is 207 g/mol. The van der Waals surface area contributed by atoms with Crippen molar-refractivity contribution < 1.29 is 14.3 Å². The lowest BCUT2D eigenvalue weighted by molar-refractivity contribution is -0.142. The van der Waals surface area contributed by atoms with Gasteiger partial charge in [0.1, 0.15) is 0 Å². The highest BCUT2D eigenvalue weighted by Gasteiger charge is 2.11. The molecular formula is C11H13NO3. The number of carbonyl (C=O) groups is 2. The van der Waals surface area contributed by atoms with E-state index in [0.717, 1.165) is 0 Å². The zero-order chi connectivity index (χ0) is 11.3. The second-order valence-electron chi connectivity index (χ2n) is 3.07. The van der Waals surface area contributed by atoms with Crippen LogP contribution in [0.15, 0.2) is 18.5 Å². The van der Waals surface area contributed by atoms with Crippen molar-refractivity contribution in [2.24, 2.45) is 0 Å². The van der Waals surface area contributed by atoms with Crippen molar-refractivity contribution in [1.82, 2.24) is 4.98 Å². The fourth-order valence-electron chi connectivity index (χ4n) is 1.26. The maximum Gasteiger partial charge on any atom is 0.310 e. The van der Waals surface area contributed by atoms with Gasteiger partial charge < -0.3 is 4.74 Å². The number of aromatic nitrogens is 1. The molecule has 4 nitrogen and oxygen atoms in total. The van der Waals surface area contributed by atoms with Crippen molar-refractivity contribution in [2.45, 2.75) is 20.3 Å². The van der Waals surface area contributed by atoms with Gasteiger partial charge in [0.15, 0.2) is 5.78 Å². The summed E-state index contributed by atoms with van der Waals surface area (Å²) in [6.07, 6.45) is 3.14. The Hall–Kier alpha value is -1.71. The molecule has 0 radical (unpaired) electrons. The monoisotopic (exact) mass is 207 g/mol. The van der Waals surface area contributed by atoms with Crippen LogP contribution in [-0.4, -0.2) is 23.3 Å². The maximum absolute atomic E-state index is 11.2. The Kier molecular flexibility index (Phi) is 3.97. The van der Waals surface area contributed by atoms with Gasteiger partial charge in [0, 0.05) is 18.0 Å². The molecule has 1 aromatic rings. The standard InChI is InChI=1S/C11H13NO3/c1-3-15-11(14)6-9-4-5-12-7-10(9)8(2)13/h4-5,7H,3,6H2,1-2H3. The molecule has 0 bridgehead atoms. The minimum Gasteiger partial charge on any atom is -0.466 e. The Morgan fingerprint density at radius 3 is 2.80 bits per heavy atom. The molecule has 0 aromatic carbocycles. The SMILES string of the molecule is CCOC(=O)Cc1ccncc1C(C)=O. The predicted molar refractivity (Wildman–Crippen MR) is 54.6 cm³/mol. The first kappa shape index (κ1) is 11.4. The van der Waals surface area contributed by atoms with Crippen molar-refractivity contribution in [1.29, 1.82) is 0 Å². The maximum atomic E-state index is 11.2. The molecular weight excluding hydrogens is 194 g/mol. The third kappa shape index (κ3) is 3.16. The zero-order valence-corrected chi connectivity index (χ0v) is 8.82. The Bertz CT molecular complexity index is 374. The lowest BCUT2D eigenvalue weighted by Crippen LogP contribution is -2.10. The molecule has 0 fully saturated rings. The fraction of sp³-hybridized carbons (Fsp3) is 0.364. The van der Waals surface area contributed by atoms with Crippen molar-refractivity contribution in [3.8, 4) is 0 Å². The van der Waals surface area contributed by atoms with Crippen LogP contribution < -0.4 is 0 Å². The Morgan fingerprint density at radius 1 is 1.47 bits per heavy atom. The first-order valence-electron chi connectivity index (χ1n) is 4.74. The van der Waals surface area contributed by atoms with Crippen LogP contribution in [0.5, 0.6) is 0 Å². The third-order valence-corrected chi connectivity index (χ3v) is 1.93. The molecule has 0 aliphatic heterocycles. The highest BCUT2D eigenvalue weighted by atomic mass is 16.5. The minimum atomic E-state index is -0.328. The van der Waals surface area contributed by atoms with E-state index in [1.807, 2.05) is 0 Å². The van der Waals surface area contributed by atoms with Gasteiger partial charge >= 0.3 is 5.97 Å². The molecule has 15 heavy (non-hydrogen) atoms. The van der Waals surface area contributed by atoms with Crippen molar-refractivity contribution in [2.75, 3.05) is 6.61 Å². The summed E-state index contributed by atoms with van der Waals surface area (Å²) < 4.78 is 4.81. The Labute approximate surface area is 88.3 Å². The number of esters is 1. The quantitative estimate of drug-likeness (QED) is 0.553. The number of ether oxygens (including phenoxy) is 1. The van der Waals surface area contributed by atoms with Crippen molar-refractivity contribution >= 4 is 11.8 Å². The smallest absolute Gasteiger partial charge is 0.310 e. The second kappa shape index (κ2) is 5.24. The van der Waals surface area contributed by atoms with Gasteiger partial charge in [-0.15, -0.1) is 0 Å². The Morgan fingerprint density at radius 2 is 2.20 bits per heavy atom. The summed E-state index contributed by atoms with van der Waals surface area (Å²) in [5.74, 6) is -0.423. The fourth-order valence-corrected chi connectivity index (χ4v) is 1.26. The van der Waals surface area contributed by atoms with E-state index in [-0.39, 0.29) is 18.2 Å². The minimum absolute atomic E-state index is 0.0950. The summed E-state index contributed by atoms with van der Waals surface area (Å²) in [6.45, 7) is 3.54. The van der Waals surface area contributed by atoms with Gasteiger partial charge in [-0.1, -0.05) is 0 Å². The molecule has 0 aliphatic rings. The van der Waals surface area contributed by atoms with E-state index in [2.05, 4.69) is 4.98 Å².